The van der Waals surface area contributed by atoms with E-state index in [1.807, 2.05) is 0 Å². The van der Waals surface area contributed by atoms with Crippen LogP contribution >= 0.6 is 0 Å². The van der Waals surface area contributed by atoms with Gasteiger partial charge in [0.1, 0.15) is 0 Å². The molecule has 4 aliphatic rings. The SMILES string of the molecule is CC1(C)c2cc(B3OC(C)(C)C(C)(C)O3)ccc2N2c3ccc4ccccc4c3C3=CC=CC1C32. The van der Waals surface area contributed by atoms with Gasteiger partial charge < -0.3 is 14.2 Å². The fourth-order valence-corrected chi connectivity index (χ4v) is 6.62. The van der Waals surface area contributed by atoms with E-state index in [0.717, 1.165) is 5.46 Å². The molecule has 0 radical (unpaired) electrons. The van der Waals surface area contributed by atoms with Gasteiger partial charge in [0, 0.05) is 22.6 Å². The van der Waals surface area contributed by atoms with Crippen molar-refractivity contribution in [2.24, 2.45) is 5.92 Å². The van der Waals surface area contributed by atoms with Crippen LogP contribution in [-0.2, 0) is 14.7 Å². The van der Waals surface area contributed by atoms with Gasteiger partial charge in [-0.15, -0.1) is 0 Å². The smallest absolute Gasteiger partial charge is 0.399 e. The number of anilines is 2. The van der Waals surface area contributed by atoms with E-state index in [0.29, 0.717) is 12.0 Å². The minimum atomic E-state index is -0.356. The average molecular weight is 461 g/mol. The summed E-state index contributed by atoms with van der Waals surface area (Å²) in [6.45, 7) is 13.3. The molecule has 1 saturated heterocycles. The third-order valence-electron chi connectivity index (χ3n) is 9.32. The summed E-state index contributed by atoms with van der Waals surface area (Å²) >= 11 is 0. The second kappa shape index (κ2) is 6.69. The highest BCUT2D eigenvalue weighted by atomic mass is 16.7. The van der Waals surface area contributed by atoms with Crippen molar-refractivity contribution in [1.82, 2.24) is 0 Å². The van der Waals surface area contributed by atoms with Gasteiger partial charge in [0.2, 0.25) is 0 Å². The van der Waals surface area contributed by atoms with E-state index < -0.39 is 0 Å². The highest BCUT2D eigenvalue weighted by Gasteiger charge is 2.54. The number of fused-ring (bicyclic) bond motifs is 7. The molecule has 3 heterocycles. The molecule has 0 bridgehead atoms. The summed E-state index contributed by atoms with van der Waals surface area (Å²) < 4.78 is 12.8. The fourth-order valence-electron chi connectivity index (χ4n) is 6.62. The Bertz CT molecular complexity index is 1450. The van der Waals surface area contributed by atoms with Gasteiger partial charge in [-0.3, -0.25) is 0 Å². The molecule has 3 aromatic rings. The quantitative estimate of drug-likeness (QED) is 0.385. The van der Waals surface area contributed by atoms with Gasteiger partial charge in [-0.05, 0) is 67.2 Å². The minimum absolute atomic E-state index is 0.0377. The Morgan fingerprint density at radius 1 is 0.829 bits per heavy atom. The first-order chi connectivity index (χ1) is 16.6. The molecule has 0 amide bonds. The predicted octanol–water partition coefficient (Wildman–Crippen LogP) is 6.52. The first-order valence-corrected chi connectivity index (χ1v) is 12.8. The average Bonchev–Trinajstić information content (AvgIpc) is 3.28. The third-order valence-corrected chi connectivity index (χ3v) is 9.32. The van der Waals surface area contributed by atoms with E-state index in [1.54, 1.807) is 0 Å². The Hall–Kier alpha value is -2.82. The Labute approximate surface area is 208 Å². The van der Waals surface area contributed by atoms with Gasteiger partial charge in [0.25, 0.3) is 0 Å². The topological polar surface area (TPSA) is 21.7 Å². The van der Waals surface area contributed by atoms with E-state index >= 15 is 0 Å². The molecule has 176 valence electrons. The van der Waals surface area contributed by atoms with Crippen LogP contribution in [0.25, 0.3) is 16.3 Å². The molecule has 1 fully saturated rings. The predicted molar refractivity (Wildman–Crippen MR) is 146 cm³/mol. The molecular formula is C31H32BNO2. The molecular weight excluding hydrogens is 429 g/mol. The molecule has 2 unspecified atom stereocenters. The zero-order valence-electron chi connectivity index (χ0n) is 21.4. The molecule has 35 heavy (non-hydrogen) atoms. The summed E-state index contributed by atoms with van der Waals surface area (Å²) in [4.78, 5) is 2.59. The van der Waals surface area contributed by atoms with Crippen LogP contribution in [0.15, 0.2) is 72.8 Å². The van der Waals surface area contributed by atoms with Crippen LogP contribution in [0.4, 0.5) is 11.4 Å². The second-order valence-corrected chi connectivity index (χ2v) is 12.1. The highest BCUT2D eigenvalue weighted by Crippen LogP contribution is 2.59. The Balaban J connectivity index is 1.43. The molecule has 0 spiro atoms. The summed E-state index contributed by atoms with van der Waals surface area (Å²) in [5.74, 6) is 0.370. The molecule has 1 aliphatic carbocycles. The standard InChI is InChI=1S/C31H32BNO2/c1-29(2)23-13-9-12-22-27-21-11-8-7-10-19(21)14-16-26(27)33(28(22)23)25-17-15-20(18-24(25)29)32-34-30(3,4)31(5,6)35-32/h7-18,23,28H,1-6H3. The highest BCUT2D eigenvalue weighted by molar-refractivity contribution is 6.62. The lowest BCUT2D eigenvalue weighted by Crippen LogP contribution is -2.49. The number of allylic oxidation sites excluding steroid dienone is 2. The molecule has 4 heteroatoms. The first-order valence-electron chi connectivity index (χ1n) is 12.8. The lowest BCUT2D eigenvalue weighted by molar-refractivity contribution is 0.00578. The lowest BCUT2D eigenvalue weighted by Gasteiger charge is -2.49. The van der Waals surface area contributed by atoms with Crippen molar-refractivity contribution in [1.29, 1.82) is 0 Å². The maximum atomic E-state index is 6.42. The van der Waals surface area contributed by atoms with Gasteiger partial charge in [0.05, 0.1) is 22.9 Å². The van der Waals surface area contributed by atoms with Crippen molar-refractivity contribution in [3.63, 3.8) is 0 Å². The van der Waals surface area contributed by atoms with Crippen LogP contribution in [0.3, 0.4) is 0 Å². The fraction of sp³-hybridized carbons (Fsp3) is 0.355. The second-order valence-electron chi connectivity index (χ2n) is 12.1. The zero-order valence-corrected chi connectivity index (χ0v) is 21.4. The molecule has 3 nitrogen and oxygen atoms in total. The van der Waals surface area contributed by atoms with Crippen molar-refractivity contribution in [3.8, 4) is 0 Å². The molecule has 3 aliphatic heterocycles. The Kier molecular flexibility index (Phi) is 4.10. The Morgan fingerprint density at radius 3 is 2.31 bits per heavy atom. The number of rotatable bonds is 1. The number of hydrogen-bond acceptors (Lipinski definition) is 3. The molecule has 0 aromatic heterocycles. The van der Waals surface area contributed by atoms with Gasteiger partial charge in [-0.25, -0.2) is 0 Å². The molecule has 2 atom stereocenters. The van der Waals surface area contributed by atoms with Crippen molar-refractivity contribution < 1.29 is 9.31 Å². The maximum absolute atomic E-state index is 6.42. The summed E-state index contributed by atoms with van der Waals surface area (Å²) in [7, 11) is -0.356. The summed E-state index contributed by atoms with van der Waals surface area (Å²) in [6, 6.07) is 20.5. The monoisotopic (exact) mass is 461 g/mol. The van der Waals surface area contributed by atoms with E-state index in [1.165, 1.54) is 38.8 Å². The van der Waals surface area contributed by atoms with Crippen LogP contribution in [0.5, 0.6) is 0 Å². The van der Waals surface area contributed by atoms with Crippen molar-refractivity contribution >= 4 is 40.3 Å². The van der Waals surface area contributed by atoms with Crippen molar-refractivity contribution in [2.75, 3.05) is 4.90 Å². The van der Waals surface area contributed by atoms with Gasteiger partial charge >= 0.3 is 7.12 Å². The van der Waals surface area contributed by atoms with E-state index in [-0.39, 0.29) is 23.7 Å². The van der Waals surface area contributed by atoms with E-state index in [9.17, 15) is 0 Å². The first kappa shape index (κ1) is 21.5. The van der Waals surface area contributed by atoms with Gasteiger partial charge in [0.15, 0.2) is 0 Å². The van der Waals surface area contributed by atoms with Crippen LogP contribution in [0, 0.1) is 5.92 Å². The normalized spacial score (nSPS) is 26.4. The van der Waals surface area contributed by atoms with Gasteiger partial charge in [-0.2, -0.15) is 0 Å². The summed E-state index contributed by atoms with van der Waals surface area (Å²) in [5.41, 5.74) is 7.16. The van der Waals surface area contributed by atoms with Crippen molar-refractivity contribution in [3.05, 3.63) is 84.0 Å². The summed E-state index contributed by atoms with van der Waals surface area (Å²) in [5, 5.41) is 2.64. The summed E-state index contributed by atoms with van der Waals surface area (Å²) in [6.07, 6.45) is 7.03. The molecule has 7 rings (SSSR count). The van der Waals surface area contributed by atoms with Crippen LogP contribution in [0.2, 0.25) is 0 Å². The number of hydrogen-bond donors (Lipinski definition) is 0. The van der Waals surface area contributed by atoms with E-state index in [4.69, 9.17) is 9.31 Å². The van der Waals surface area contributed by atoms with E-state index in [2.05, 4.69) is 119 Å². The molecule has 0 saturated carbocycles. The van der Waals surface area contributed by atoms with Crippen LogP contribution in [0.1, 0.15) is 52.7 Å². The Morgan fingerprint density at radius 2 is 1.54 bits per heavy atom. The zero-order chi connectivity index (χ0) is 24.3. The molecule has 0 N–H and O–H groups in total. The lowest BCUT2D eigenvalue weighted by atomic mass is 9.63. The third kappa shape index (κ3) is 2.70. The van der Waals surface area contributed by atoms with Crippen molar-refractivity contribution in [2.45, 2.75) is 64.2 Å². The molecule has 3 aromatic carbocycles. The maximum Gasteiger partial charge on any atom is 0.494 e. The van der Waals surface area contributed by atoms with Gasteiger partial charge in [-0.1, -0.05) is 74.5 Å². The van der Waals surface area contributed by atoms with Crippen LogP contribution < -0.4 is 10.4 Å². The number of nitrogens with zero attached hydrogens (tertiary/aromatic N) is 1. The van der Waals surface area contributed by atoms with Crippen LogP contribution in [-0.4, -0.2) is 24.4 Å². The minimum Gasteiger partial charge on any atom is -0.399 e. The largest absolute Gasteiger partial charge is 0.494 e. The number of benzene rings is 3.